The maximum atomic E-state index is 13.6. The number of halogens is 3. The van der Waals surface area contributed by atoms with Gasteiger partial charge in [-0.3, -0.25) is 0 Å². The first-order valence-corrected chi connectivity index (χ1v) is 10.6. The predicted octanol–water partition coefficient (Wildman–Crippen LogP) is 5.72. The number of aliphatic hydroxyl groups excluding tert-OH is 1. The number of β-amino-alcohol motifs (C(OH)–C–C–N with tert-alkyl or cyclic N) is 1. The molecule has 158 valence electrons. The average molecular weight is 441 g/mol. The number of hydrogen-bond acceptors (Lipinski definition) is 4. The van der Waals surface area contributed by atoms with E-state index in [0.717, 1.165) is 25.7 Å². The predicted molar refractivity (Wildman–Crippen MR) is 115 cm³/mol. The summed E-state index contributed by atoms with van der Waals surface area (Å²) in [5, 5.41) is 10.9. The third-order valence-electron chi connectivity index (χ3n) is 5.23. The van der Waals surface area contributed by atoms with Crippen LogP contribution in [0.5, 0.6) is 0 Å². The van der Waals surface area contributed by atoms with Crippen LogP contribution in [-0.4, -0.2) is 27.3 Å². The molecule has 1 atom stereocenters. The lowest BCUT2D eigenvalue weighted by molar-refractivity contribution is -0.147. The Morgan fingerprint density at radius 1 is 0.839 bits per heavy atom. The van der Waals surface area contributed by atoms with Crippen molar-refractivity contribution in [1.82, 2.24) is 9.55 Å². The minimum Gasteiger partial charge on any atom is -0.389 e. The van der Waals surface area contributed by atoms with Gasteiger partial charge in [0, 0.05) is 9.79 Å². The molecule has 4 nitrogen and oxygen atoms in total. The van der Waals surface area contributed by atoms with E-state index in [9.17, 15) is 18.3 Å². The van der Waals surface area contributed by atoms with Gasteiger partial charge in [0.05, 0.1) is 41.6 Å². The minimum atomic E-state index is -4.61. The molecule has 0 bridgehead atoms. The maximum absolute atomic E-state index is 13.6. The number of anilines is 2. The average Bonchev–Trinajstić information content (AvgIpc) is 3.12. The van der Waals surface area contributed by atoms with E-state index in [1.165, 1.54) is 0 Å². The summed E-state index contributed by atoms with van der Waals surface area (Å²) in [7, 11) is 0. The van der Waals surface area contributed by atoms with Crippen LogP contribution in [0.25, 0.3) is 11.0 Å². The van der Waals surface area contributed by atoms with Gasteiger partial charge in [-0.1, -0.05) is 48.2 Å². The number of aromatic nitrogens is 2. The number of nitrogens with zero attached hydrogens (tertiary/aromatic N) is 3. The van der Waals surface area contributed by atoms with Gasteiger partial charge in [0.15, 0.2) is 0 Å². The monoisotopic (exact) mass is 441 g/mol. The number of fused-ring (bicyclic) bond motifs is 3. The topological polar surface area (TPSA) is 41.3 Å². The molecular formula is C23H18F3N3OS. The number of imidazole rings is 1. The molecule has 0 spiro atoms. The van der Waals surface area contributed by atoms with Crippen molar-refractivity contribution < 1.29 is 18.3 Å². The third kappa shape index (κ3) is 3.66. The van der Waals surface area contributed by atoms with Crippen LogP contribution in [0.1, 0.15) is 5.82 Å². The first-order valence-electron chi connectivity index (χ1n) is 9.76. The summed E-state index contributed by atoms with van der Waals surface area (Å²) >= 11 is 1.64. The molecule has 31 heavy (non-hydrogen) atoms. The van der Waals surface area contributed by atoms with Gasteiger partial charge in [-0.2, -0.15) is 13.2 Å². The van der Waals surface area contributed by atoms with Crippen LogP contribution in [0.2, 0.25) is 0 Å². The fourth-order valence-electron chi connectivity index (χ4n) is 3.93. The maximum Gasteiger partial charge on any atom is 0.449 e. The Kier molecular flexibility index (Phi) is 4.91. The summed E-state index contributed by atoms with van der Waals surface area (Å²) in [5.41, 5.74) is 2.46. The standard InChI is InChI=1S/C23H18F3N3OS/c24-23(25,26)22-27-16-7-1-2-8-17(16)29(22)14-15(30)13-28-18-9-3-5-11-20(18)31-21-12-6-4-10-19(21)28/h1-12,15,30H,13-14H2/t15-/m0/s1. The quantitative estimate of drug-likeness (QED) is 0.440. The van der Waals surface area contributed by atoms with Crippen molar-refractivity contribution in [3.05, 3.63) is 78.6 Å². The van der Waals surface area contributed by atoms with Crippen LogP contribution in [0.4, 0.5) is 24.5 Å². The van der Waals surface area contributed by atoms with Gasteiger partial charge in [-0.15, -0.1) is 0 Å². The summed E-state index contributed by atoms with van der Waals surface area (Å²) in [5.74, 6) is -0.997. The van der Waals surface area contributed by atoms with Crippen LogP contribution in [-0.2, 0) is 12.7 Å². The Bertz CT molecular complexity index is 1210. The van der Waals surface area contributed by atoms with Crippen molar-refractivity contribution in [3.63, 3.8) is 0 Å². The molecule has 2 heterocycles. The molecule has 0 amide bonds. The fourth-order valence-corrected chi connectivity index (χ4v) is 5.03. The second kappa shape index (κ2) is 7.62. The van der Waals surface area contributed by atoms with Crippen molar-refractivity contribution in [2.75, 3.05) is 11.4 Å². The molecule has 8 heteroatoms. The van der Waals surface area contributed by atoms with Crippen molar-refractivity contribution in [1.29, 1.82) is 0 Å². The summed E-state index contributed by atoms with van der Waals surface area (Å²) in [6.45, 7) is -0.0677. The van der Waals surface area contributed by atoms with Crippen molar-refractivity contribution in [2.24, 2.45) is 0 Å². The zero-order valence-electron chi connectivity index (χ0n) is 16.3. The number of aliphatic hydroxyl groups is 1. The molecule has 1 aliphatic rings. The molecule has 1 aliphatic heterocycles. The number of benzene rings is 3. The number of alkyl halides is 3. The summed E-state index contributed by atoms with van der Waals surface area (Å²) in [6, 6.07) is 22.1. The normalized spacial score (nSPS) is 14.4. The summed E-state index contributed by atoms with van der Waals surface area (Å²) < 4.78 is 41.9. The molecule has 0 unspecified atom stereocenters. The number of para-hydroxylation sites is 4. The Balaban J connectivity index is 1.50. The van der Waals surface area contributed by atoms with E-state index in [1.807, 2.05) is 53.4 Å². The molecule has 0 fully saturated rings. The first-order chi connectivity index (χ1) is 14.9. The second-order valence-corrected chi connectivity index (χ2v) is 8.42. The van der Waals surface area contributed by atoms with Gasteiger partial charge in [0.25, 0.3) is 0 Å². The van der Waals surface area contributed by atoms with Gasteiger partial charge in [0.2, 0.25) is 5.82 Å². The molecule has 0 radical (unpaired) electrons. The van der Waals surface area contributed by atoms with E-state index < -0.39 is 18.1 Å². The van der Waals surface area contributed by atoms with Crippen LogP contribution >= 0.6 is 11.8 Å². The van der Waals surface area contributed by atoms with Gasteiger partial charge in [0.1, 0.15) is 0 Å². The second-order valence-electron chi connectivity index (χ2n) is 7.33. The molecular weight excluding hydrogens is 423 g/mol. The first kappa shape index (κ1) is 20.0. The molecule has 0 aliphatic carbocycles. The molecule has 1 aromatic heterocycles. The van der Waals surface area contributed by atoms with Crippen molar-refractivity contribution in [2.45, 2.75) is 28.6 Å². The third-order valence-corrected chi connectivity index (χ3v) is 6.36. The molecule has 4 aromatic rings. The Morgan fingerprint density at radius 2 is 1.42 bits per heavy atom. The van der Waals surface area contributed by atoms with E-state index >= 15 is 0 Å². The van der Waals surface area contributed by atoms with E-state index in [1.54, 1.807) is 36.0 Å². The molecule has 0 saturated heterocycles. The van der Waals surface area contributed by atoms with Gasteiger partial charge < -0.3 is 14.6 Å². The highest BCUT2D eigenvalue weighted by atomic mass is 32.2. The van der Waals surface area contributed by atoms with E-state index in [2.05, 4.69) is 4.98 Å². The smallest absolute Gasteiger partial charge is 0.389 e. The largest absolute Gasteiger partial charge is 0.449 e. The molecule has 3 aromatic carbocycles. The number of hydrogen-bond donors (Lipinski definition) is 1. The lowest BCUT2D eigenvalue weighted by atomic mass is 10.2. The van der Waals surface area contributed by atoms with Gasteiger partial charge in [-0.05, 0) is 36.4 Å². The van der Waals surface area contributed by atoms with E-state index in [4.69, 9.17) is 0 Å². The molecule has 5 rings (SSSR count). The van der Waals surface area contributed by atoms with Crippen molar-refractivity contribution >= 4 is 34.2 Å². The van der Waals surface area contributed by atoms with Gasteiger partial charge >= 0.3 is 6.18 Å². The lowest BCUT2D eigenvalue weighted by Gasteiger charge is -2.34. The highest BCUT2D eigenvalue weighted by Gasteiger charge is 2.38. The van der Waals surface area contributed by atoms with Crippen LogP contribution in [0.3, 0.4) is 0 Å². The SMILES string of the molecule is O[C@@H](CN1c2ccccc2Sc2ccccc21)Cn1c(C(F)(F)F)nc2ccccc21. The lowest BCUT2D eigenvalue weighted by Crippen LogP contribution is -2.34. The highest BCUT2D eigenvalue weighted by molar-refractivity contribution is 7.99. The Labute approximate surface area is 180 Å². The Morgan fingerprint density at radius 3 is 2.06 bits per heavy atom. The van der Waals surface area contributed by atoms with Crippen LogP contribution in [0, 0.1) is 0 Å². The number of rotatable bonds is 4. The van der Waals surface area contributed by atoms with Crippen LogP contribution in [0.15, 0.2) is 82.6 Å². The van der Waals surface area contributed by atoms with Crippen LogP contribution < -0.4 is 4.90 Å². The van der Waals surface area contributed by atoms with Gasteiger partial charge in [-0.25, -0.2) is 4.98 Å². The highest BCUT2D eigenvalue weighted by Crippen LogP contribution is 2.47. The zero-order valence-corrected chi connectivity index (χ0v) is 17.1. The fraction of sp³-hybridized carbons (Fsp3) is 0.174. The summed E-state index contributed by atoms with van der Waals surface area (Å²) in [4.78, 5) is 7.81. The molecule has 1 N–H and O–H groups in total. The zero-order chi connectivity index (χ0) is 21.6. The van der Waals surface area contributed by atoms with Crippen molar-refractivity contribution in [3.8, 4) is 0 Å². The Hall–Kier alpha value is -2.97. The molecule has 0 saturated carbocycles. The van der Waals surface area contributed by atoms with E-state index in [-0.39, 0.29) is 18.6 Å². The van der Waals surface area contributed by atoms with E-state index in [0.29, 0.717) is 5.52 Å². The minimum absolute atomic E-state index is 0.151. The summed E-state index contributed by atoms with van der Waals surface area (Å²) in [6.07, 6.45) is -5.66.